The summed E-state index contributed by atoms with van der Waals surface area (Å²) in [6.45, 7) is 0.885. The summed E-state index contributed by atoms with van der Waals surface area (Å²) in [7, 11) is -0.965. The van der Waals surface area contributed by atoms with Crippen molar-refractivity contribution in [3.63, 3.8) is 0 Å². The molecule has 2 aromatic rings. The van der Waals surface area contributed by atoms with Crippen molar-refractivity contribution in [2.24, 2.45) is 14.1 Å². The average molecular weight is 396 g/mol. The lowest BCUT2D eigenvalue weighted by atomic mass is 10.1. The van der Waals surface area contributed by atoms with Gasteiger partial charge in [-0.1, -0.05) is 12.1 Å². The van der Waals surface area contributed by atoms with Crippen molar-refractivity contribution in [2.75, 3.05) is 18.0 Å². The minimum Gasteiger partial charge on any atom is -0.366 e. The number of benzene rings is 1. The zero-order valence-electron chi connectivity index (χ0n) is 15.1. The number of sulfonamides is 1. The number of hydrogen-bond donors (Lipinski definition) is 1. The van der Waals surface area contributed by atoms with Crippen LogP contribution in [0, 0.1) is 5.82 Å². The molecule has 3 rings (SSSR count). The Labute approximate surface area is 155 Å². The maximum Gasteiger partial charge on any atom is 0.330 e. The average Bonchev–Trinajstić information content (AvgIpc) is 2.63. The second-order valence-corrected chi connectivity index (χ2v) is 8.27. The molecular weight excluding hydrogens is 375 g/mol. The smallest absolute Gasteiger partial charge is 0.330 e. The number of rotatable bonds is 4. The van der Waals surface area contributed by atoms with Crippen LogP contribution in [-0.4, -0.2) is 36.7 Å². The SMILES string of the molecule is Cn1cc(N2CCC(NS(=O)(=O)c3ccccc3F)CC2)c(=O)n(C)c1=O. The van der Waals surface area contributed by atoms with Crippen LogP contribution in [0.5, 0.6) is 0 Å². The number of aryl methyl sites for hydroxylation is 1. The minimum atomic E-state index is -3.95. The third-order valence-corrected chi connectivity index (χ3v) is 6.27. The molecular formula is C17H21FN4O4S. The van der Waals surface area contributed by atoms with Crippen LogP contribution < -0.4 is 20.9 Å². The monoisotopic (exact) mass is 396 g/mol. The molecule has 0 unspecified atom stereocenters. The molecule has 1 aliphatic heterocycles. The number of aromatic nitrogens is 2. The van der Waals surface area contributed by atoms with Crippen molar-refractivity contribution >= 4 is 15.7 Å². The van der Waals surface area contributed by atoms with Crippen molar-refractivity contribution in [2.45, 2.75) is 23.8 Å². The van der Waals surface area contributed by atoms with E-state index in [-0.39, 0.29) is 16.5 Å². The van der Waals surface area contributed by atoms with E-state index < -0.39 is 21.5 Å². The lowest BCUT2D eigenvalue weighted by Crippen LogP contribution is -2.47. The number of nitrogens with zero attached hydrogens (tertiary/aromatic N) is 3. The van der Waals surface area contributed by atoms with E-state index in [0.717, 1.165) is 10.6 Å². The normalized spacial score (nSPS) is 15.9. The van der Waals surface area contributed by atoms with E-state index in [1.54, 1.807) is 7.05 Å². The van der Waals surface area contributed by atoms with Gasteiger partial charge in [-0.2, -0.15) is 0 Å². The second-order valence-electron chi connectivity index (χ2n) is 6.59. The van der Waals surface area contributed by atoms with Crippen LogP contribution in [-0.2, 0) is 24.1 Å². The first-order chi connectivity index (χ1) is 12.7. The highest BCUT2D eigenvalue weighted by atomic mass is 32.2. The van der Waals surface area contributed by atoms with E-state index in [4.69, 9.17) is 0 Å². The number of piperidine rings is 1. The Hall–Kier alpha value is -2.46. The Bertz CT molecular complexity index is 1070. The minimum absolute atomic E-state index is 0.359. The van der Waals surface area contributed by atoms with Gasteiger partial charge in [-0.3, -0.25) is 9.36 Å². The second kappa shape index (κ2) is 7.28. The van der Waals surface area contributed by atoms with Crippen molar-refractivity contribution in [1.82, 2.24) is 13.9 Å². The van der Waals surface area contributed by atoms with Gasteiger partial charge in [0, 0.05) is 39.4 Å². The Morgan fingerprint density at radius 2 is 1.74 bits per heavy atom. The molecule has 0 radical (unpaired) electrons. The third kappa shape index (κ3) is 3.81. The van der Waals surface area contributed by atoms with E-state index in [1.807, 2.05) is 4.90 Å². The molecule has 1 aromatic carbocycles. The number of nitrogens with one attached hydrogen (secondary N) is 1. The predicted molar refractivity (Wildman–Crippen MR) is 98.9 cm³/mol. The molecule has 0 spiro atoms. The molecule has 10 heteroatoms. The maximum absolute atomic E-state index is 13.8. The molecule has 0 aliphatic carbocycles. The van der Waals surface area contributed by atoms with Crippen LogP contribution in [0.2, 0.25) is 0 Å². The molecule has 1 saturated heterocycles. The number of anilines is 1. The van der Waals surface area contributed by atoms with Gasteiger partial charge < -0.3 is 9.47 Å². The van der Waals surface area contributed by atoms with Gasteiger partial charge in [-0.15, -0.1) is 0 Å². The zero-order chi connectivity index (χ0) is 19.8. The Kier molecular flexibility index (Phi) is 5.20. The van der Waals surface area contributed by atoms with Crippen LogP contribution in [0.4, 0.5) is 10.1 Å². The summed E-state index contributed by atoms with van der Waals surface area (Å²) in [5.41, 5.74) is -0.394. The van der Waals surface area contributed by atoms with E-state index >= 15 is 0 Å². The van der Waals surface area contributed by atoms with Crippen LogP contribution in [0.3, 0.4) is 0 Å². The summed E-state index contributed by atoms with van der Waals surface area (Å²) in [6.07, 6.45) is 2.41. The van der Waals surface area contributed by atoms with Gasteiger partial charge in [-0.05, 0) is 25.0 Å². The van der Waals surface area contributed by atoms with Crippen molar-refractivity contribution in [1.29, 1.82) is 0 Å². The standard InChI is InChI=1S/C17H21FN4O4S/c1-20-11-14(16(23)21(2)17(20)24)22-9-7-12(8-10-22)19-27(25,26)15-6-4-3-5-13(15)18/h3-6,11-12,19H,7-10H2,1-2H3. The van der Waals surface area contributed by atoms with Gasteiger partial charge in [0.2, 0.25) is 10.0 Å². The van der Waals surface area contributed by atoms with E-state index in [0.29, 0.717) is 31.6 Å². The lowest BCUT2D eigenvalue weighted by molar-refractivity contribution is 0.455. The van der Waals surface area contributed by atoms with Gasteiger partial charge >= 0.3 is 5.69 Å². The largest absolute Gasteiger partial charge is 0.366 e. The topological polar surface area (TPSA) is 93.4 Å². The van der Waals surface area contributed by atoms with Gasteiger partial charge in [0.25, 0.3) is 5.56 Å². The van der Waals surface area contributed by atoms with Crippen molar-refractivity contribution in [3.8, 4) is 0 Å². The fourth-order valence-corrected chi connectivity index (χ4v) is 4.57. The molecule has 146 valence electrons. The van der Waals surface area contributed by atoms with Gasteiger partial charge in [0.05, 0.1) is 0 Å². The molecule has 0 saturated carbocycles. The molecule has 0 atom stereocenters. The summed E-state index contributed by atoms with van der Waals surface area (Å²) in [5.74, 6) is -0.795. The Morgan fingerprint density at radius 3 is 2.37 bits per heavy atom. The number of hydrogen-bond acceptors (Lipinski definition) is 5. The van der Waals surface area contributed by atoms with Crippen molar-refractivity contribution in [3.05, 3.63) is 57.1 Å². The lowest BCUT2D eigenvalue weighted by Gasteiger charge is -2.33. The van der Waals surface area contributed by atoms with Crippen LogP contribution in [0.1, 0.15) is 12.8 Å². The number of halogens is 1. The summed E-state index contributed by atoms with van der Waals surface area (Å²) in [4.78, 5) is 25.6. The fourth-order valence-electron chi connectivity index (χ4n) is 3.19. The quantitative estimate of drug-likeness (QED) is 0.795. The van der Waals surface area contributed by atoms with E-state index in [2.05, 4.69) is 4.72 Å². The zero-order valence-corrected chi connectivity index (χ0v) is 15.9. The maximum atomic E-state index is 13.8. The summed E-state index contributed by atoms with van der Waals surface area (Å²) < 4.78 is 43.5. The summed E-state index contributed by atoms with van der Waals surface area (Å²) >= 11 is 0. The molecule has 0 amide bonds. The molecule has 27 heavy (non-hydrogen) atoms. The first kappa shape index (κ1) is 19.3. The van der Waals surface area contributed by atoms with E-state index in [9.17, 15) is 22.4 Å². The highest BCUT2D eigenvalue weighted by Gasteiger charge is 2.27. The van der Waals surface area contributed by atoms with Gasteiger partial charge in [0.1, 0.15) is 16.4 Å². The van der Waals surface area contributed by atoms with Crippen LogP contribution in [0.15, 0.2) is 44.9 Å². The molecule has 0 bridgehead atoms. The third-order valence-electron chi connectivity index (χ3n) is 4.71. The molecule has 2 heterocycles. The van der Waals surface area contributed by atoms with Gasteiger partial charge in [0.15, 0.2) is 0 Å². The molecule has 8 nitrogen and oxygen atoms in total. The van der Waals surface area contributed by atoms with Crippen molar-refractivity contribution < 1.29 is 12.8 Å². The van der Waals surface area contributed by atoms with Crippen LogP contribution >= 0.6 is 0 Å². The van der Waals surface area contributed by atoms with Crippen LogP contribution in [0.25, 0.3) is 0 Å². The highest BCUT2D eigenvalue weighted by Crippen LogP contribution is 2.19. The highest BCUT2D eigenvalue weighted by molar-refractivity contribution is 7.89. The van der Waals surface area contributed by atoms with E-state index in [1.165, 1.54) is 36.0 Å². The first-order valence-electron chi connectivity index (χ1n) is 8.49. The molecule has 1 N–H and O–H groups in total. The molecule has 1 aromatic heterocycles. The predicted octanol–water partition coefficient (Wildman–Crippen LogP) is 0.170. The van der Waals surface area contributed by atoms with Gasteiger partial charge in [-0.25, -0.2) is 22.3 Å². The fraction of sp³-hybridized carbons (Fsp3) is 0.412. The Balaban J connectivity index is 1.72. The summed E-state index contributed by atoms with van der Waals surface area (Å²) in [5, 5.41) is 0. The Morgan fingerprint density at radius 1 is 1.11 bits per heavy atom. The first-order valence-corrected chi connectivity index (χ1v) is 9.97. The molecule has 1 fully saturated rings. The molecule has 1 aliphatic rings. The summed E-state index contributed by atoms with van der Waals surface area (Å²) in [6, 6.07) is 4.87.